The van der Waals surface area contributed by atoms with Crippen LogP contribution in [0.15, 0.2) is 140 Å². The third-order valence-corrected chi connectivity index (χ3v) is 21.2. The van der Waals surface area contributed by atoms with Crippen LogP contribution in [-0.4, -0.2) is 0 Å². The molecule has 3 aliphatic rings. The lowest BCUT2D eigenvalue weighted by atomic mass is 9.67. The zero-order valence-corrected chi connectivity index (χ0v) is 37.7. The molecule has 60 heavy (non-hydrogen) atoms. The Morgan fingerprint density at radius 2 is 1.20 bits per heavy atom. The predicted octanol–water partition coefficient (Wildman–Crippen LogP) is 15.2. The monoisotopic (exact) mass is 834 g/mol. The molecule has 0 aromatic heterocycles. The van der Waals surface area contributed by atoms with Gasteiger partial charge in [-0.25, -0.2) is 0 Å². The second-order valence-electron chi connectivity index (χ2n) is 18.2. The molecule has 3 aliphatic heterocycles. The first-order valence-corrected chi connectivity index (χ1v) is 25.0. The maximum atomic E-state index is 16.5. The smallest absolute Gasteiger partial charge is 0.288 e. The first-order chi connectivity index (χ1) is 28.8. The lowest BCUT2D eigenvalue weighted by Gasteiger charge is -2.50. The maximum absolute atomic E-state index is 16.5. The van der Waals surface area contributed by atoms with Crippen LogP contribution in [0.25, 0.3) is 22.3 Å². The van der Waals surface area contributed by atoms with E-state index in [-0.39, 0.29) is 11.3 Å². The summed E-state index contributed by atoms with van der Waals surface area (Å²) in [5.74, 6) is 2.47. The van der Waals surface area contributed by atoms with Crippen molar-refractivity contribution in [1.82, 2.24) is 0 Å². The lowest BCUT2D eigenvalue weighted by molar-refractivity contribution is 0.217. The van der Waals surface area contributed by atoms with Crippen LogP contribution < -0.4 is 24.4 Å². The van der Waals surface area contributed by atoms with E-state index >= 15 is 9.13 Å². The molecule has 0 saturated carbocycles. The summed E-state index contributed by atoms with van der Waals surface area (Å²) < 4.78 is 53.5. The van der Waals surface area contributed by atoms with E-state index in [4.69, 9.17) is 13.8 Å². The molecule has 0 spiro atoms. The topological polar surface area (TPSA) is 61.8 Å². The van der Waals surface area contributed by atoms with Crippen molar-refractivity contribution in [2.24, 2.45) is 10.8 Å². The zero-order chi connectivity index (χ0) is 42.1. The van der Waals surface area contributed by atoms with Crippen LogP contribution in [0, 0.1) is 10.8 Å². The Labute approximate surface area is 356 Å². The summed E-state index contributed by atoms with van der Waals surface area (Å²) in [7, 11) is -7.40. The molecule has 308 valence electrons. The van der Waals surface area contributed by atoms with Crippen molar-refractivity contribution >= 4 is 25.3 Å². The number of ether oxygens (including phenoxy) is 1. The van der Waals surface area contributed by atoms with Crippen molar-refractivity contribution in [2.75, 3.05) is 0 Å². The number of fused-ring (bicyclic) bond motifs is 9. The number of rotatable bonds is 9. The minimum absolute atomic E-state index is 0.0294. The van der Waals surface area contributed by atoms with Gasteiger partial charge in [0.2, 0.25) is 0 Å². The van der Waals surface area contributed by atoms with Crippen molar-refractivity contribution in [1.29, 1.82) is 0 Å². The molecule has 5 nitrogen and oxygen atoms in total. The third kappa shape index (κ3) is 6.09. The Hall–Kier alpha value is -4.82. The minimum atomic E-state index is -3.72. The summed E-state index contributed by atoms with van der Waals surface area (Å²) in [5.41, 5.74) is 5.64. The number of hydrogen-bond acceptors (Lipinski definition) is 5. The second kappa shape index (κ2) is 15.0. The normalized spacial score (nSPS) is 22.6. The molecular weight excluding hydrogens is 779 g/mol. The van der Waals surface area contributed by atoms with Gasteiger partial charge in [-0.3, -0.25) is 9.13 Å². The molecule has 5 atom stereocenters. The van der Waals surface area contributed by atoms with Crippen molar-refractivity contribution in [3.8, 4) is 45.3 Å². The van der Waals surface area contributed by atoms with E-state index < -0.39 is 31.0 Å². The highest BCUT2D eigenvalue weighted by atomic mass is 31.2. The van der Waals surface area contributed by atoms with E-state index in [0.717, 1.165) is 75.4 Å². The van der Waals surface area contributed by atoms with Crippen molar-refractivity contribution in [3.63, 3.8) is 0 Å². The van der Waals surface area contributed by atoms with Gasteiger partial charge in [0.15, 0.2) is 11.5 Å². The van der Waals surface area contributed by atoms with Gasteiger partial charge in [-0.05, 0) is 101 Å². The molecule has 0 radical (unpaired) electrons. The SMILES string of the molecule is CCCC(C)(C)C(C)(c1ccc(C2CC(C(C)(CC)CC)c3cccc(c3)Oc3cccc4c3OP2(=O)c2ccccc2-4)cc1)P1(=O)Oc2ccccc2-c2ccccc21. The Bertz CT molecular complexity index is 2700. The van der Waals surface area contributed by atoms with Gasteiger partial charge in [-0.1, -0.05) is 164 Å². The summed E-state index contributed by atoms with van der Waals surface area (Å²) in [5, 5.41) is 0.536. The lowest BCUT2D eigenvalue weighted by Crippen LogP contribution is -2.44. The zero-order valence-electron chi connectivity index (χ0n) is 35.9. The minimum Gasteiger partial charge on any atom is -0.453 e. The third-order valence-electron chi connectivity index (χ3n) is 14.8. The Kier molecular flexibility index (Phi) is 10.1. The first-order valence-electron chi connectivity index (χ1n) is 21.7. The van der Waals surface area contributed by atoms with Crippen LogP contribution >= 0.6 is 14.7 Å². The van der Waals surface area contributed by atoms with E-state index in [2.05, 4.69) is 109 Å². The van der Waals surface area contributed by atoms with Gasteiger partial charge in [-0.15, -0.1) is 0 Å². The molecule has 0 saturated heterocycles. The Balaban J connectivity index is 1.26. The fourth-order valence-corrected chi connectivity index (χ4v) is 16.9. The van der Waals surface area contributed by atoms with Gasteiger partial charge in [0.25, 0.3) is 14.7 Å². The molecule has 0 aliphatic carbocycles. The second-order valence-corrected chi connectivity index (χ2v) is 23.3. The van der Waals surface area contributed by atoms with Gasteiger partial charge >= 0.3 is 0 Å². The molecule has 3 heterocycles. The first kappa shape index (κ1) is 40.6. The highest BCUT2D eigenvalue weighted by molar-refractivity contribution is 7.69. The molecule has 0 fully saturated rings. The van der Waals surface area contributed by atoms with E-state index in [1.807, 2.05) is 78.9 Å². The molecule has 6 aromatic rings. The summed E-state index contributed by atoms with van der Waals surface area (Å²) in [4.78, 5) is 0. The Morgan fingerprint density at radius 1 is 0.600 bits per heavy atom. The van der Waals surface area contributed by atoms with E-state index in [9.17, 15) is 0 Å². The molecule has 7 heteroatoms. The van der Waals surface area contributed by atoms with Crippen LogP contribution in [0.3, 0.4) is 0 Å². The van der Waals surface area contributed by atoms with Crippen LogP contribution in [0.4, 0.5) is 0 Å². The average Bonchev–Trinajstić information content (AvgIpc) is 3.27. The van der Waals surface area contributed by atoms with Gasteiger partial charge in [-0.2, -0.15) is 0 Å². The molecule has 4 bridgehead atoms. The number of benzene rings is 6. The average molecular weight is 835 g/mol. The van der Waals surface area contributed by atoms with E-state index in [0.29, 0.717) is 23.7 Å². The molecule has 5 unspecified atom stereocenters. The summed E-state index contributed by atoms with van der Waals surface area (Å²) in [6, 6.07) is 47.0. The van der Waals surface area contributed by atoms with Gasteiger partial charge in [0, 0.05) is 11.1 Å². The van der Waals surface area contributed by atoms with Gasteiger partial charge in [0.05, 0.1) is 21.4 Å². The molecular formula is C53H56O5P2. The summed E-state index contributed by atoms with van der Waals surface area (Å²) in [6.45, 7) is 15.7. The summed E-state index contributed by atoms with van der Waals surface area (Å²) >= 11 is 0. The van der Waals surface area contributed by atoms with Gasteiger partial charge in [0.1, 0.15) is 11.5 Å². The van der Waals surface area contributed by atoms with Crippen molar-refractivity contribution in [3.05, 3.63) is 156 Å². The van der Waals surface area contributed by atoms with Gasteiger partial charge < -0.3 is 13.8 Å². The highest BCUT2D eigenvalue weighted by Gasteiger charge is 2.60. The molecule has 6 aromatic carbocycles. The predicted molar refractivity (Wildman–Crippen MR) is 247 cm³/mol. The molecule has 0 N–H and O–H groups in total. The van der Waals surface area contributed by atoms with Crippen LogP contribution in [0.2, 0.25) is 0 Å². The van der Waals surface area contributed by atoms with E-state index in [1.54, 1.807) is 0 Å². The fourth-order valence-electron chi connectivity index (χ4n) is 10.6. The van der Waals surface area contributed by atoms with Crippen LogP contribution in [0.5, 0.6) is 23.0 Å². The fraction of sp³-hybridized carbons (Fsp3) is 0.321. The largest absolute Gasteiger partial charge is 0.453 e. The quantitative estimate of drug-likeness (QED) is 0.136. The Morgan fingerprint density at radius 3 is 1.90 bits per heavy atom. The summed E-state index contributed by atoms with van der Waals surface area (Å²) in [6.07, 6.45) is 4.24. The number of hydrogen-bond donors (Lipinski definition) is 0. The van der Waals surface area contributed by atoms with E-state index in [1.165, 1.54) is 5.56 Å². The standard InChI is InChI=1S/C53H56O5P2/c1-8-33-51(4,5)53(7,60(55)48-28-16-13-22-41(48)40-21-11-14-25-45(40)57-60)38-31-29-36(30-32-38)49-35-44(52(6,9-2)10-3)37-19-17-20-39(34-37)56-46-26-18-24-43-42-23-12-15-27-47(42)59(49,54)58-50(43)46/h11-32,34,44,49H,8-10,33,35H2,1-7H3. The van der Waals surface area contributed by atoms with Crippen molar-refractivity contribution < 1.29 is 22.9 Å². The van der Waals surface area contributed by atoms with Crippen molar-refractivity contribution in [2.45, 2.75) is 97.3 Å². The van der Waals surface area contributed by atoms with Crippen LogP contribution in [-0.2, 0) is 14.3 Å². The van der Waals surface area contributed by atoms with Crippen LogP contribution in [0.1, 0.15) is 109 Å². The molecule has 9 rings (SSSR count). The maximum Gasteiger partial charge on any atom is 0.288 e. The highest BCUT2D eigenvalue weighted by Crippen LogP contribution is 2.73. The molecule has 0 amide bonds. The number of para-hydroxylation sites is 2.